The quantitative estimate of drug-likeness (QED) is 0.391. The highest BCUT2D eigenvalue weighted by atomic mass is 19.1. The molecule has 0 bridgehead atoms. The van der Waals surface area contributed by atoms with Gasteiger partial charge in [-0.1, -0.05) is 0 Å². The van der Waals surface area contributed by atoms with Crippen molar-refractivity contribution in [1.29, 1.82) is 0 Å². The van der Waals surface area contributed by atoms with E-state index in [1.54, 1.807) is 12.1 Å². The van der Waals surface area contributed by atoms with E-state index >= 15 is 4.39 Å². The molecular weight excluding hydrogens is 529 g/mol. The minimum Gasteiger partial charge on any atom is -0.381 e. The van der Waals surface area contributed by atoms with E-state index in [-0.39, 0.29) is 48.0 Å². The van der Waals surface area contributed by atoms with Crippen molar-refractivity contribution in [1.82, 2.24) is 30.3 Å². The molecule has 3 saturated heterocycles. The zero-order valence-corrected chi connectivity index (χ0v) is 23.0. The average molecular weight is 562 g/mol. The molecular formula is C29H32FN7O4. The summed E-state index contributed by atoms with van der Waals surface area (Å²) < 4.78 is 21.9. The number of amides is 3. The van der Waals surface area contributed by atoms with E-state index in [1.807, 2.05) is 19.9 Å². The Labute approximate surface area is 235 Å². The Morgan fingerprint density at radius 2 is 1.90 bits per heavy atom. The van der Waals surface area contributed by atoms with Gasteiger partial charge in [-0.3, -0.25) is 29.7 Å². The molecule has 0 spiro atoms. The summed E-state index contributed by atoms with van der Waals surface area (Å²) in [5, 5.41) is 13.2. The third-order valence-corrected chi connectivity index (χ3v) is 8.67. The molecule has 0 aliphatic carbocycles. The van der Waals surface area contributed by atoms with Crippen LogP contribution in [-0.2, 0) is 27.4 Å². The number of carbonyl (C=O) groups is 3. The van der Waals surface area contributed by atoms with Gasteiger partial charge in [0.25, 0.3) is 5.91 Å². The molecule has 41 heavy (non-hydrogen) atoms. The van der Waals surface area contributed by atoms with Crippen molar-refractivity contribution >= 4 is 34.6 Å². The van der Waals surface area contributed by atoms with Crippen molar-refractivity contribution in [3.05, 3.63) is 40.7 Å². The van der Waals surface area contributed by atoms with Crippen molar-refractivity contribution in [2.24, 2.45) is 11.8 Å². The Morgan fingerprint density at radius 3 is 2.63 bits per heavy atom. The highest BCUT2D eigenvalue weighted by molar-refractivity contribution is 6.05. The minimum atomic E-state index is -0.808. The lowest BCUT2D eigenvalue weighted by Gasteiger charge is -2.29. The number of pyridine rings is 1. The number of aromatic amines is 1. The van der Waals surface area contributed by atoms with Gasteiger partial charge in [0, 0.05) is 60.6 Å². The molecule has 0 saturated carbocycles. The number of imide groups is 1. The van der Waals surface area contributed by atoms with Crippen molar-refractivity contribution < 1.29 is 23.5 Å². The lowest BCUT2D eigenvalue weighted by atomic mass is 10.0. The molecule has 7 rings (SSSR count). The normalized spacial score (nSPS) is 24.4. The first-order valence-electron chi connectivity index (χ1n) is 14.2. The van der Waals surface area contributed by atoms with Gasteiger partial charge in [-0.25, -0.2) is 9.37 Å². The van der Waals surface area contributed by atoms with E-state index in [9.17, 15) is 14.4 Å². The summed E-state index contributed by atoms with van der Waals surface area (Å²) in [7, 11) is 0. The molecule has 3 N–H and O–H groups in total. The number of ether oxygens (including phenoxy) is 1. The summed E-state index contributed by atoms with van der Waals surface area (Å²) in [6, 6.07) is 4.42. The van der Waals surface area contributed by atoms with E-state index < -0.39 is 23.7 Å². The molecule has 0 radical (unpaired) electrons. The smallest absolute Gasteiger partial charge is 0.255 e. The van der Waals surface area contributed by atoms with Crippen molar-refractivity contribution in [2.45, 2.75) is 51.9 Å². The highest BCUT2D eigenvalue weighted by Crippen LogP contribution is 2.37. The molecule has 11 nitrogen and oxygen atoms in total. The molecule has 2 aromatic heterocycles. The van der Waals surface area contributed by atoms with Crippen LogP contribution in [0.4, 0.5) is 10.2 Å². The fourth-order valence-corrected chi connectivity index (χ4v) is 6.65. The first-order chi connectivity index (χ1) is 19.8. The molecule has 214 valence electrons. The molecule has 1 aromatic carbocycles. The minimum absolute atomic E-state index is 0.0420. The van der Waals surface area contributed by atoms with Gasteiger partial charge >= 0.3 is 0 Å². The zero-order chi connectivity index (χ0) is 28.4. The van der Waals surface area contributed by atoms with Gasteiger partial charge in [0.05, 0.1) is 31.0 Å². The molecule has 12 heteroatoms. The van der Waals surface area contributed by atoms with Crippen LogP contribution in [-0.4, -0.2) is 81.1 Å². The number of likely N-dealkylation sites (tertiary alicyclic amines) is 1. The number of rotatable bonds is 6. The number of fused-ring (bicyclic) bond motifs is 3. The standard InChI is InChI=1S/C29H32FN7O4/c1-14(2)31-27-26-25(34-35-27)15(8-36-9-16-12-41-13-17(16)10-36)7-21(32-26)19-4-3-18-20(24(19)30)11-37(29(18)40)22-5-6-23(38)33-28(22)39/h3-4,7,14,16-17,22H,5-6,8-13H2,1-2H3,(H2,31,34,35)(H,33,38,39). The first kappa shape index (κ1) is 26.0. The number of anilines is 1. The predicted molar refractivity (Wildman–Crippen MR) is 147 cm³/mol. The summed E-state index contributed by atoms with van der Waals surface area (Å²) in [6.07, 6.45) is 0.358. The van der Waals surface area contributed by atoms with Gasteiger partial charge in [-0.05, 0) is 44.0 Å². The van der Waals surface area contributed by atoms with Crippen LogP contribution in [0.3, 0.4) is 0 Å². The number of hydrogen-bond donors (Lipinski definition) is 3. The van der Waals surface area contributed by atoms with Crippen molar-refractivity contribution in [3.8, 4) is 11.3 Å². The van der Waals surface area contributed by atoms with E-state index in [2.05, 4.69) is 25.7 Å². The predicted octanol–water partition coefficient (Wildman–Crippen LogP) is 2.42. The average Bonchev–Trinajstić information content (AvgIpc) is 3.69. The SMILES string of the molecule is CC(C)Nc1n[nH]c2c(CN3CC4COCC4C3)cc(-c3ccc4c(c3F)CN(C3CCC(=O)NC3=O)C4=O)nc12. The Morgan fingerprint density at radius 1 is 1.15 bits per heavy atom. The Bertz CT molecular complexity index is 1570. The van der Waals surface area contributed by atoms with Gasteiger partial charge < -0.3 is 15.0 Å². The molecule has 3 unspecified atom stereocenters. The third kappa shape index (κ3) is 4.45. The van der Waals surface area contributed by atoms with Crippen LogP contribution in [0.2, 0.25) is 0 Å². The second-order valence-electron chi connectivity index (χ2n) is 11.9. The van der Waals surface area contributed by atoms with E-state index in [0.29, 0.717) is 35.4 Å². The molecule has 4 aliphatic heterocycles. The maximum Gasteiger partial charge on any atom is 0.255 e. The highest BCUT2D eigenvalue weighted by Gasteiger charge is 2.41. The maximum absolute atomic E-state index is 16.2. The lowest BCUT2D eigenvalue weighted by Crippen LogP contribution is -2.52. The number of H-pyrrole nitrogens is 1. The number of halogens is 1. The Balaban J connectivity index is 1.25. The summed E-state index contributed by atoms with van der Waals surface area (Å²) in [5.74, 6) is -0.161. The second kappa shape index (κ2) is 9.88. The number of benzene rings is 1. The number of nitrogens with one attached hydrogen (secondary N) is 3. The first-order valence-corrected chi connectivity index (χ1v) is 14.2. The zero-order valence-electron chi connectivity index (χ0n) is 23.0. The molecule has 4 aliphatic rings. The van der Waals surface area contributed by atoms with Crippen LogP contribution in [0, 0.1) is 17.7 Å². The van der Waals surface area contributed by atoms with Crippen LogP contribution in [0.25, 0.3) is 22.3 Å². The second-order valence-corrected chi connectivity index (χ2v) is 11.9. The molecule has 3 amide bonds. The Kier molecular flexibility index (Phi) is 6.27. The number of piperidine rings is 1. The van der Waals surface area contributed by atoms with E-state index in [4.69, 9.17) is 9.72 Å². The van der Waals surface area contributed by atoms with Crippen LogP contribution >= 0.6 is 0 Å². The summed E-state index contributed by atoms with van der Waals surface area (Å²) >= 11 is 0. The fraction of sp³-hybridized carbons (Fsp3) is 0.483. The third-order valence-electron chi connectivity index (χ3n) is 8.67. The van der Waals surface area contributed by atoms with Crippen molar-refractivity contribution in [2.75, 3.05) is 31.6 Å². The van der Waals surface area contributed by atoms with Crippen LogP contribution in [0.15, 0.2) is 18.2 Å². The van der Waals surface area contributed by atoms with Gasteiger partial charge in [0.2, 0.25) is 11.8 Å². The number of nitrogens with zero attached hydrogens (tertiary/aromatic N) is 4. The maximum atomic E-state index is 16.2. The van der Waals surface area contributed by atoms with Gasteiger partial charge in [-0.15, -0.1) is 0 Å². The largest absolute Gasteiger partial charge is 0.381 e. The van der Waals surface area contributed by atoms with E-state index in [1.165, 1.54) is 4.90 Å². The van der Waals surface area contributed by atoms with E-state index in [0.717, 1.165) is 37.4 Å². The molecule has 3 aromatic rings. The Hall–Kier alpha value is -3.90. The van der Waals surface area contributed by atoms with Gasteiger partial charge in [0.1, 0.15) is 17.4 Å². The number of carbonyl (C=O) groups excluding carboxylic acids is 3. The number of aromatic nitrogens is 3. The van der Waals surface area contributed by atoms with Gasteiger partial charge in [-0.2, -0.15) is 5.10 Å². The van der Waals surface area contributed by atoms with Crippen LogP contribution < -0.4 is 10.6 Å². The molecule has 3 atom stereocenters. The van der Waals surface area contributed by atoms with Crippen LogP contribution in [0.5, 0.6) is 0 Å². The van der Waals surface area contributed by atoms with Gasteiger partial charge in [0.15, 0.2) is 5.82 Å². The molecule has 6 heterocycles. The summed E-state index contributed by atoms with van der Waals surface area (Å²) in [6.45, 7) is 8.13. The monoisotopic (exact) mass is 561 g/mol. The summed E-state index contributed by atoms with van der Waals surface area (Å²) in [4.78, 5) is 45.9. The van der Waals surface area contributed by atoms with Crippen molar-refractivity contribution in [3.63, 3.8) is 0 Å². The summed E-state index contributed by atoms with van der Waals surface area (Å²) in [5.41, 5.74) is 3.62. The van der Waals surface area contributed by atoms with Crippen LogP contribution in [0.1, 0.15) is 48.2 Å². The lowest BCUT2D eigenvalue weighted by molar-refractivity contribution is -0.136. The molecule has 3 fully saturated rings. The number of hydrogen-bond acceptors (Lipinski definition) is 8. The fourth-order valence-electron chi connectivity index (χ4n) is 6.65. The topological polar surface area (TPSA) is 133 Å².